The molecule has 6 heteroatoms. The summed E-state index contributed by atoms with van der Waals surface area (Å²) in [4.78, 5) is 20.0. The number of para-hydroxylation sites is 1. The van der Waals surface area contributed by atoms with Crippen LogP contribution in [0.5, 0.6) is 0 Å². The van der Waals surface area contributed by atoms with Crippen molar-refractivity contribution in [1.82, 2.24) is 14.6 Å². The highest BCUT2D eigenvalue weighted by Gasteiger charge is 2.29. The number of piperidine rings is 1. The number of aromatic nitrogens is 3. The Morgan fingerprint density at radius 2 is 2.03 bits per heavy atom. The van der Waals surface area contributed by atoms with Gasteiger partial charge in [0.05, 0.1) is 11.6 Å². The van der Waals surface area contributed by atoms with E-state index in [0.717, 1.165) is 54.8 Å². The molecule has 3 aromatic rings. The summed E-state index contributed by atoms with van der Waals surface area (Å²) in [6.45, 7) is 3.65. The van der Waals surface area contributed by atoms with Crippen molar-refractivity contribution >= 4 is 22.9 Å². The lowest BCUT2D eigenvalue weighted by Gasteiger charge is -2.33. The van der Waals surface area contributed by atoms with Crippen molar-refractivity contribution in [3.63, 3.8) is 0 Å². The Labute approximate surface area is 170 Å². The molecule has 29 heavy (non-hydrogen) atoms. The van der Waals surface area contributed by atoms with Gasteiger partial charge in [0.1, 0.15) is 5.52 Å². The smallest absolute Gasteiger partial charge is 0.229 e. The molecule has 2 aliphatic rings. The molecule has 0 radical (unpaired) electrons. The Bertz CT molecular complexity index is 1060. The van der Waals surface area contributed by atoms with Gasteiger partial charge in [-0.1, -0.05) is 18.2 Å². The van der Waals surface area contributed by atoms with Crippen molar-refractivity contribution < 1.29 is 4.79 Å². The molecule has 1 N–H and O–H groups in total. The highest BCUT2D eigenvalue weighted by molar-refractivity contribution is 5.93. The molecule has 1 aliphatic heterocycles. The Balaban J connectivity index is 1.40. The summed E-state index contributed by atoms with van der Waals surface area (Å²) in [5.74, 6) is 1.05. The molecule has 6 nitrogen and oxygen atoms in total. The summed E-state index contributed by atoms with van der Waals surface area (Å²) in [7, 11) is 0. The molecule has 0 saturated carbocycles. The van der Waals surface area contributed by atoms with Gasteiger partial charge in [0.15, 0.2) is 5.82 Å². The largest absolute Gasteiger partial charge is 0.354 e. The predicted octanol–water partition coefficient (Wildman–Crippen LogP) is 3.77. The summed E-state index contributed by atoms with van der Waals surface area (Å²) in [5, 5.41) is 7.93. The number of aryl methyl sites for hydroxylation is 3. The number of anilines is 2. The van der Waals surface area contributed by atoms with E-state index in [1.807, 2.05) is 48.1 Å². The van der Waals surface area contributed by atoms with Gasteiger partial charge >= 0.3 is 0 Å². The molecule has 1 atom stereocenters. The van der Waals surface area contributed by atoms with Crippen LogP contribution in [-0.2, 0) is 17.6 Å². The van der Waals surface area contributed by atoms with E-state index in [4.69, 9.17) is 10.1 Å². The molecule has 1 amide bonds. The summed E-state index contributed by atoms with van der Waals surface area (Å²) in [6, 6.07) is 7.94. The van der Waals surface area contributed by atoms with E-state index in [0.29, 0.717) is 6.54 Å². The zero-order valence-electron chi connectivity index (χ0n) is 16.9. The first kappa shape index (κ1) is 18.2. The fourth-order valence-corrected chi connectivity index (χ4v) is 4.71. The van der Waals surface area contributed by atoms with Crippen LogP contribution in [0.25, 0.3) is 5.52 Å². The summed E-state index contributed by atoms with van der Waals surface area (Å²) in [5.41, 5.74) is 5.70. The van der Waals surface area contributed by atoms with Gasteiger partial charge < -0.3 is 10.2 Å². The van der Waals surface area contributed by atoms with Crippen LogP contribution in [0.2, 0.25) is 0 Å². The van der Waals surface area contributed by atoms with Crippen LogP contribution < -0.4 is 10.2 Å². The van der Waals surface area contributed by atoms with Crippen molar-refractivity contribution in [3.8, 4) is 0 Å². The summed E-state index contributed by atoms with van der Waals surface area (Å²) >= 11 is 0. The Morgan fingerprint density at radius 1 is 1.17 bits per heavy atom. The molecule has 0 bridgehead atoms. The van der Waals surface area contributed by atoms with Gasteiger partial charge in [-0.3, -0.25) is 4.79 Å². The maximum Gasteiger partial charge on any atom is 0.229 e. The minimum absolute atomic E-state index is 0.0378. The number of amides is 1. The first-order valence-corrected chi connectivity index (χ1v) is 10.7. The number of carbonyl (C=O) groups is 1. The van der Waals surface area contributed by atoms with Crippen molar-refractivity contribution in [2.45, 2.75) is 45.4 Å². The van der Waals surface area contributed by atoms with Crippen LogP contribution in [0, 0.1) is 12.8 Å². The van der Waals surface area contributed by atoms with Gasteiger partial charge in [0.25, 0.3) is 0 Å². The first-order valence-electron chi connectivity index (χ1n) is 10.7. The van der Waals surface area contributed by atoms with Crippen LogP contribution >= 0.6 is 0 Å². The van der Waals surface area contributed by atoms with Crippen molar-refractivity contribution in [3.05, 3.63) is 53.5 Å². The van der Waals surface area contributed by atoms with Crippen LogP contribution in [-0.4, -0.2) is 33.6 Å². The molecule has 1 saturated heterocycles. The number of fused-ring (bicyclic) bond motifs is 3. The number of nitrogens with one attached hydrogen (secondary N) is 1. The Kier molecular flexibility index (Phi) is 4.70. The van der Waals surface area contributed by atoms with Gasteiger partial charge in [-0.15, -0.1) is 0 Å². The number of hydrogen-bond donors (Lipinski definition) is 1. The van der Waals surface area contributed by atoms with E-state index in [9.17, 15) is 4.79 Å². The average molecular weight is 390 g/mol. The van der Waals surface area contributed by atoms with Crippen molar-refractivity contribution in [1.29, 1.82) is 0 Å². The molecule has 1 aromatic carbocycles. The molecule has 150 valence electrons. The van der Waals surface area contributed by atoms with E-state index < -0.39 is 0 Å². The summed E-state index contributed by atoms with van der Waals surface area (Å²) < 4.78 is 2.00. The predicted molar refractivity (Wildman–Crippen MR) is 114 cm³/mol. The number of carbonyl (C=O) groups excluding carboxylic acids is 1. The van der Waals surface area contributed by atoms with Crippen LogP contribution in [0.15, 0.2) is 36.7 Å². The first-order chi connectivity index (χ1) is 14.2. The standard InChI is InChI=1S/C23H27N5O/c1-16-7-2-4-10-19(16)25-23(29)17-8-6-13-27(15-17)22-21-18-9-3-5-11-20(18)26-28(21)14-12-24-22/h2,4,7,10,12,14,17H,3,5-6,8-9,11,13,15H2,1H3,(H,25,29)/t17-/m0/s1. The molecule has 0 unspecified atom stereocenters. The molecule has 0 spiro atoms. The van der Waals surface area contributed by atoms with E-state index in [2.05, 4.69) is 10.2 Å². The minimum Gasteiger partial charge on any atom is -0.354 e. The molecule has 3 heterocycles. The maximum atomic E-state index is 13.0. The third-order valence-corrected chi connectivity index (χ3v) is 6.29. The fourth-order valence-electron chi connectivity index (χ4n) is 4.71. The normalized spacial score (nSPS) is 19.2. The molecule has 5 rings (SSSR count). The highest BCUT2D eigenvalue weighted by Crippen LogP contribution is 2.32. The lowest BCUT2D eigenvalue weighted by Crippen LogP contribution is -2.41. The number of benzene rings is 1. The zero-order valence-corrected chi connectivity index (χ0v) is 16.9. The molecule has 1 fully saturated rings. The van der Waals surface area contributed by atoms with Crippen LogP contribution in [0.1, 0.15) is 42.5 Å². The molecular formula is C23H27N5O. The quantitative estimate of drug-likeness (QED) is 0.741. The monoisotopic (exact) mass is 389 g/mol. The average Bonchev–Trinajstić information content (AvgIpc) is 3.14. The Hall–Kier alpha value is -2.89. The lowest BCUT2D eigenvalue weighted by molar-refractivity contribution is -0.120. The van der Waals surface area contributed by atoms with Crippen LogP contribution in [0.3, 0.4) is 0 Å². The van der Waals surface area contributed by atoms with E-state index in [1.54, 1.807) is 0 Å². The van der Waals surface area contributed by atoms with E-state index in [-0.39, 0.29) is 11.8 Å². The molecule has 1 aliphatic carbocycles. The maximum absolute atomic E-state index is 13.0. The zero-order chi connectivity index (χ0) is 19.8. The van der Waals surface area contributed by atoms with Gasteiger partial charge in [-0.05, 0) is 57.1 Å². The third-order valence-electron chi connectivity index (χ3n) is 6.29. The topological polar surface area (TPSA) is 62.5 Å². The number of rotatable bonds is 3. The van der Waals surface area contributed by atoms with Crippen molar-refractivity contribution in [2.24, 2.45) is 5.92 Å². The van der Waals surface area contributed by atoms with Crippen LogP contribution in [0.4, 0.5) is 11.5 Å². The SMILES string of the molecule is Cc1ccccc1NC(=O)[C@H]1CCCN(c2nccn3nc4c(c23)CCCC4)C1. The number of hydrogen-bond acceptors (Lipinski definition) is 4. The van der Waals surface area contributed by atoms with E-state index in [1.165, 1.54) is 24.1 Å². The van der Waals surface area contributed by atoms with Crippen molar-refractivity contribution in [2.75, 3.05) is 23.3 Å². The van der Waals surface area contributed by atoms with E-state index >= 15 is 0 Å². The second kappa shape index (κ2) is 7.50. The fraction of sp³-hybridized carbons (Fsp3) is 0.435. The third kappa shape index (κ3) is 3.37. The minimum atomic E-state index is -0.0378. The highest BCUT2D eigenvalue weighted by atomic mass is 16.1. The molecule has 2 aromatic heterocycles. The number of nitrogens with zero attached hydrogens (tertiary/aromatic N) is 4. The second-order valence-corrected chi connectivity index (χ2v) is 8.27. The van der Waals surface area contributed by atoms with Gasteiger partial charge in [-0.2, -0.15) is 5.10 Å². The second-order valence-electron chi connectivity index (χ2n) is 8.27. The van der Waals surface area contributed by atoms with Gasteiger partial charge in [0.2, 0.25) is 5.91 Å². The lowest BCUT2D eigenvalue weighted by atomic mass is 9.95. The molecular weight excluding hydrogens is 362 g/mol. The summed E-state index contributed by atoms with van der Waals surface area (Å²) in [6.07, 6.45) is 10.2. The van der Waals surface area contributed by atoms with Gasteiger partial charge in [0, 0.05) is 36.7 Å². The Morgan fingerprint density at radius 3 is 2.93 bits per heavy atom. The van der Waals surface area contributed by atoms with Gasteiger partial charge in [-0.25, -0.2) is 9.50 Å².